The van der Waals surface area contributed by atoms with Gasteiger partial charge < -0.3 is 34.0 Å². The maximum Gasteiger partial charge on any atom is 0.410 e. The highest BCUT2D eigenvalue weighted by Crippen LogP contribution is 2.43. The third-order valence-electron chi connectivity index (χ3n) is 7.48. The lowest BCUT2D eigenvalue weighted by molar-refractivity contribution is 0.000866. The van der Waals surface area contributed by atoms with Crippen molar-refractivity contribution in [1.29, 1.82) is 0 Å². The van der Waals surface area contributed by atoms with Gasteiger partial charge in [-0.3, -0.25) is 4.79 Å². The van der Waals surface area contributed by atoms with E-state index >= 15 is 4.39 Å². The molecule has 1 unspecified atom stereocenters. The van der Waals surface area contributed by atoms with Gasteiger partial charge >= 0.3 is 6.09 Å². The lowest BCUT2D eigenvalue weighted by Crippen LogP contribution is -2.58. The normalized spacial score (nSPS) is 22.9. The van der Waals surface area contributed by atoms with Crippen LogP contribution in [-0.2, 0) is 9.47 Å². The number of nitrogens with zero attached hydrogens (tertiary/aromatic N) is 4. The largest absolute Gasteiger partial charge is 0.507 e. The molecule has 5 rings (SSSR count). The zero-order valence-electron chi connectivity index (χ0n) is 23.2. The second-order valence-corrected chi connectivity index (χ2v) is 11.4. The second kappa shape index (κ2) is 10.4. The van der Waals surface area contributed by atoms with Crippen molar-refractivity contribution in [2.24, 2.45) is 0 Å². The lowest BCUT2D eigenvalue weighted by Gasteiger charge is -2.40. The number of phenols is 1. The van der Waals surface area contributed by atoms with Gasteiger partial charge in [0, 0.05) is 39.3 Å². The number of carbonyl (C=O) groups excluding carboxylic acids is 2. The third-order valence-corrected chi connectivity index (χ3v) is 7.48. The Kier molecular flexibility index (Phi) is 7.24. The van der Waals surface area contributed by atoms with Crippen LogP contribution in [0.5, 0.6) is 11.5 Å². The highest BCUT2D eigenvalue weighted by Gasteiger charge is 2.43. The van der Waals surface area contributed by atoms with Crippen LogP contribution in [0.2, 0.25) is 0 Å². The molecule has 2 saturated heterocycles. The number of amides is 2. The topological polar surface area (TPSA) is 105 Å². The van der Waals surface area contributed by atoms with E-state index in [2.05, 4.69) is 4.98 Å². The molecule has 2 fully saturated rings. The zero-order chi connectivity index (χ0) is 28.9. The molecule has 2 amide bonds. The molecule has 1 aromatic carbocycles. The fraction of sp³-hybridized carbons (Fsp3) is 0.536. The molecule has 2 aromatic rings. The van der Waals surface area contributed by atoms with Crippen molar-refractivity contribution in [3.8, 4) is 22.8 Å². The number of aromatic nitrogens is 1. The van der Waals surface area contributed by atoms with Gasteiger partial charge in [-0.25, -0.2) is 18.6 Å². The Bertz CT molecular complexity index is 1310. The number of hydrogen-bond acceptors (Lipinski definition) is 8. The van der Waals surface area contributed by atoms with Gasteiger partial charge in [-0.2, -0.15) is 0 Å². The minimum Gasteiger partial charge on any atom is -0.507 e. The van der Waals surface area contributed by atoms with Crippen molar-refractivity contribution in [1.82, 2.24) is 14.8 Å². The summed E-state index contributed by atoms with van der Waals surface area (Å²) in [5.74, 6) is -3.15. The van der Waals surface area contributed by atoms with E-state index in [9.17, 15) is 19.1 Å². The molecule has 10 nitrogen and oxygen atoms in total. The summed E-state index contributed by atoms with van der Waals surface area (Å²) in [4.78, 5) is 36.2. The molecule has 1 aromatic heterocycles. The summed E-state index contributed by atoms with van der Waals surface area (Å²) < 4.78 is 48.1. The van der Waals surface area contributed by atoms with E-state index in [-0.39, 0.29) is 55.5 Å². The van der Waals surface area contributed by atoms with Gasteiger partial charge in [0.1, 0.15) is 40.8 Å². The van der Waals surface area contributed by atoms with Gasteiger partial charge in [0.2, 0.25) is 0 Å². The predicted octanol–water partition coefficient (Wildman–Crippen LogP) is 3.80. The number of phenolic OH excluding ortho intramolecular Hbond substituents is 1. The monoisotopic (exact) mass is 560 g/mol. The Morgan fingerprint density at radius 2 is 1.90 bits per heavy atom. The van der Waals surface area contributed by atoms with E-state index in [0.29, 0.717) is 13.0 Å². The SMILES string of the molecule is CO[C@H]1C[C@H](C)N(c2nc(-c3c(O)cccc3F)c(F)c3c2C(=O)N2CCN(C(=O)OC(C)(C)C)CC2CO3)C1. The zero-order valence-corrected chi connectivity index (χ0v) is 23.2. The fourth-order valence-corrected chi connectivity index (χ4v) is 5.51. The number of aromatic hydroxyl groups is 1. The van der Waals surface area contributed by atoms with E-state index < -0.39 is 52.3 Å². The minimum atomic E-state index is -1.05. The number of benzene rings is 1. The first kappa shape index (κ1) is 27.9. The fourth-order valence-electron chi connectivity index (χ4n) is 5.51. The Morgan fingerprint density at radius 1 is 1.15 bits per heavy atom. The first-order valence-corrected chi connectivity index (χ1v) is 13.3. The summed E-state index contributed by atoms with van der Waals surface area (Å²) in [6.45, 7) is 8.03. The van der Waals surface area contributed by atoms with Crippen LogP contribution < -0.4 is 9.64 Å². The van der Waals surface area contributed by atoms with Crippen molar-refractivity contribution in [3.05, 3.63) is 35.4 Å². The van der Waals surface area contributed by atoms with Gasteiger partial charge in [0.25, 0.3) is 5.91 Å². The summed E-state index contributed by atoms with van der Waals surface area (Å²) in [7, 11) is 1.59. The average molecular weight is 561 g/mol. The first-order valence-electron chi connectivity index (χ1n) is 13.3. The van der Waals surface area contributed by atoms with Gasteiger partial charge in [-0.05, 0) is 46.2 Å². The molecule has 0 saturated carbocycles. The van der Waals surface area contributed by atoms with Gasteiger partial charge in [-0.15, -0.1) is 0 Å². The van der Waals surface area contributed by atoms with Crippen LogP contribution in [0, 0.1) is 11.6 Å². The van der Waals surface area contributed by atoms with Crippen molar-refractivity contribution >= 4 is 17.8 Å². The van der Waals surface area contributed by atoms with Gasteiger partial charge in [-0.1, -0.05) is 6.07 Å². The molecule has 40 heavy (non-hydrogen) atoms. The van der Waals surface area contributed by atoms with E-state index in [1.54, 1.807) is 32.8 Å². The third kappa shape index (κ3) is 5.00. The van der Waals surface area contributed by atoms with E-state index in [4.69, 9.17) is 14.2 Å². The number of hydrogen-bond donors (Lipinski definition) is 1. The number of anilines is 1. The highest BCUT2D eigenvalue weighted by molar-refractivity contribution is 6.03. The molecule has 0 spiro atoms. The van der Waals surface area contributed by atoms with Crippen LogP contribution in [0.4, 0.5) is 19.4 Å². The maximum absolute atomic E-state index is 16.2. The molecule has 4 heterocycles. The molecule has 0 aliphatic carbocycles. The van der Waals surface area contributed by atoms with E-state index in [1.165, 1.54) is 17.0 Å². The molecule has 0 bridgehead atoms. The molecular formula is C28H34F2N4O6. The number of halogens is 2. The highest BCUT2D eigenvalue weighted by atomic mass is 19.1. The van der Waals surface area contributed by atoms with Crippen molar-refractivity contribution in [2.75, 3.05) is 44.8 Å². The molecule has 0 radical (unpaired) electrons. The molecule has 216 valence electrons. The van der Waals surface area contributed by atoms with Crippen LogP contribution in [0.25, 0.3) is 11.3 Å². The summed E-state index contributed by atoms with van der Waals surface area (Å²) in [6, 6.07) is 2.92. The van der Waals surface area contributed by atoms with Crippen LogP contribution in [0.3, 0.4) is 0 Å². The Balaban J connectivity index is 1.59. The van der Waals surface area contributed by atoms with E-state index in [1.807, 2.05) is 11.8 Å². The predicted molar refractivity (Wildman–Crippen MR) is 142 cm³/mol. The number of rotatable bonds is 3. The molecule has 3 atom stereocenters. The van der Waals surface area contributed by atoms with Crippen LogP contribution >= 0.6 is 0 Å². The van der Waals surface area contributed by atoms with Crippen LogP contribution in [0.15, 0.2) is 18.2 Å². The quantitative estimate of drug-likeness (QED) is 0.605. The molecule has 3 aliphatic rings. The van der Waals surface area contributed by atoms with Crippen LogP contribution in [0.1, 0.15) is 44.5 Å². The Labute approximate surface area is 231 Å². The standard InChI is InChI=1S/C28H34F2N4O6/c1-15-11-17(38-5)13-34(15)25-21-24(22(30)23(31-25)20-18(29)7-6-8-19(20)35)39-14-16-12-32(9-10-33(16)26(21)36)27(37)40-28(2,3)4/h6-8,15-17,35H,9-14H2,1-5H3/t15-,16?,17-/m0/s1. The summed E-state index contributed by atoms with van der Waals surface area (Å²) in [5.41, 5.74) is -1.65. The van der Waals surface area contributed by atoms with Crippen molar-refractivity contribution < 1.29 is 37.7 Å². The second-order valence-electron chi connectivity index (χ2n) is 11.4. The van der Waals surface area contributed by atoms with Gasteiger partial charge in [0.15, 0.2) is 11.6 Å². The molecule has 12 heteroatoms. The summed E-state index contributed by atoms with van der Waals surface area (Å²) >= 11 is 0. The smallest absolute Gasteiger partial charge is 0.410 e. The summed E-state index contributed by atoms with van der Waals surface area (Å²) in [6.07, 6.45) is -0.0323. The van der Waals surface area contributed by atoms with Gasteiger partial charge in [0.05, 0.1) is 17.7 Å². The number of ether oxygens (including phenoxy) is 3. The van der Waals surface area contributed by atoms with Crippen LogP contribution in [-0.4, -0.2) is 95.6 Å². The molecule has 3 aliphatic heterocycles. The average Bonchev–Trinajstić information content (AvgIpc) is 3.20. The number of pyridine rings is 1. The maximum atomic E-state index is 16.2. The Morgan fingerprint density at radius 3 is 2.55 bits per heavy atom. The van der Waals surface area contributed by atoms with Crippen molar-refractivity contribution in [3.63, 3.8) is 0 Å². The lowest BCUT2D eigenvalue weighted by atomic mass is 10.0. The number of fused-ring (bicyclic) bond motifs is 2. The summed E-state index contributed by atoms with van der Waals surface area (Å²) in [5, 5.41) is 10.5. The minimum absolute atomic E-state index is 0.0751. The molecular weight excluding hydrogens is 526 g/mol. The Hall–Kier alpha value is -3.67. The van der Waals surface area contributed by atoms with Crippen molar-refractivity contribution in [2.45, 2.75) is 57.9 Å². The number of piperazine rings is 1. The number of carbonyl (C=O) groups is 2. The first-order chi connectivity index (χ1) is 18.9. The molecule has 1 N–H and O–H groups in total. The van der Waals surface area contributed by atoms with E-state index in [0.717, 1.165) is 6.07 Å². The number of methoxy groups -OCH3 is 1.